The number of aryl methyl sites for hydroxylation is 2. The summed E-state index contributed by atoms with van der Waals surface area (Å²) < 4.78 is 0. The Morgan fingerprint density at radius 1 is 0.344 bits per heavy atom. The van der Waals surface area contributed by atoms with Gasteiger partial charge in [0.15, 0.2) is 0 Å². The smallest absolute Gasteiger partial charge is 0.144 e. The third-order valence-electron chi connectivity index (χ3n) is 23.4. The summed E-state index contributed by atoms with van der Waals surface area (Å²) in [5.41, 5.74) is 0. The van der Waals surface area contributed by atoms with Crippen LogP contribution in [0.1, 0.15) is 364 Å². The first-order valence-electron chi connectivity index (χ1n) is 39.3. The van der Waals surface area contributed by atoms with E-state index in [0.29, 0.717) is 47.1 Å². The summed E-state index contributed by atoms with van der Waals surface area (Å²) in [6, 6.07) is 18.4. The Balaban J connectivity index is 1.05. The molecule has 0 aliphatic heterocycles. The quantitative estimate of drug-likeness (QED) is 0.0413. The molecule has 4 aliphatic rings. The summed E-state index contributed by atoms with van der Waals surface area (Å²) in [6.07, 6.45) is 67.0. The Morgan fingerprint density at radius 2 is 0.656 bits per heavy atom. The predicted octanol–water partition coefficient (Wildman–Crippen LogP) is 28.6. The molecule has 4 aliphatic carbocycles. The first-order valence-corrected chi connectivity index (χ1v) is 42.5. The van der Waals surface area contributed by atoms with Crippen molar-refractivity contribution in [1.29, 1.82) is 0 Å². The van der Waals surface area contributed by atoms with Gasteiger partial charge >= 0.3 is 0 Å². The third-order valence-corrected chi connectivity index (χ3v) is 27.9. The van der Waals surface area contributed by atoms with Crippen LogP contribution in [-0.2, 0) is 9.59 Å². The van der Waals surface area contributed by atoms with Crippen LogP contribution in [0.25, 0.3) is 21.9 Å². The van der Waals surface area contributed by atoms with Gasteiger partial charge in [-0.05, 0) is 160 Å². The molecule has 0 N–H and O–H groups in total. The van der Waals surface area contributed by atoms with Gasteiger partial charge in [0.25, 0.3) is 0 Å². The van der Waals surface area contributed by atoms with Crippen LogP contribution in [-0.4, -0.2) is 11.6 Å². The zero-order valence-corrected chi connectivity index (χ0v) is 61.9. The van der Waals surface area contributed by atoms with E-state index in [9.17, 15) is 0 Å². The van der Waals surface area contributed by atoms with E-state index < -0.39 is 0 Å². The van der Waals surface area contributed by atoms with Crippen molar-refractivity contribution in [2.24, 2.45) is 59.2 Å². The average molecular weight is 1300 g/mol. The number of carbonyl (C=O) groups is 2. The first-order chi connectivity index (χ1) is 44.2. The number of Topliss-reactive ketones (excluding diaryl/α,β-unsaturated/α-hetero) is 2. The minimum absolute atomic E-state index is 0.0158. The summed E-state index contributed by atoms with van der Waals surface area (Å²) in [5, 5.41) is 0. The number of carbonyl (C=O) groups excluding carboxylic acids is 2. The van der Waals surface area contributed by atoms with Gasteiger partial charge in [-0.1, -0.05) is 285 Å². The van der Waals surface area contributed by atoms with E-state index in [0.717, 1.165) is 24.7 Å². The molecular formula is C84H132O2S4. The van der Waals surface area contributed by atoms with E-state index in [4.69, 9.17) is 0 Å². The van der Waals surface area contributed by atoms with Gasteiger partial charge in [0.1, 0.15) is 11.6 Å². The highest BCUT2D eigenvalue weighted by atomic mass is 32.1. The van der Waals surface area contributed by atoms with Crippen molar-refractivity contribution in [2.75, 3.05) is 0 Å². The average Bonchev–Trinajstić information content (AvgIpc) is 1.56. The highest BCUT2D eigenvalue weighted by molar-refractivity contribution is 7.22. The van der Waals surface area contributed by atoms with Crippen LogP contribution in [0.2, 0.25) is 0 Å². The van der Waals surface area contributed by atoms with Crippen LogP contribution in [0.4, 0.5) is 0 Å². The summed E-state index contributed by atoms with van der Waals surface area (Å²) >= 11 is 7.57. The molecule has 0 spiro atoms. The largest absolute Gasteiger partial charge is 0.299 e. The van der Waals surface area contributed by atoms with Crippen molar-refractivity contribution in [3.8, 4) is 9.75 Å². The topological polar surface area (TPSA) is 34.1 Å². The highest BCUT2D eigenvalue weighted by Crippen LogP contribution is 2.65. The van der Waals surface area contributed by atoms with E-state index in [1.165, 1.54) is 322 Å². The van der Waals surface area contributed by atoms with Gasteiger partial charge in [0.05, 0.1) is 11.8 Å². The summed E-state index contributed by atoms with van der Waals surface area (Å²) in [4.78, 5) is 42.7. The lowest BCUT2D eigenvalue weighted by Crippen LogP contribution is -2.50. The molecule has 4 heterocycles. The van der Waals surface area contributed by atoms with Crippen LogP contribution in [0.3, 0.4) is 0 Å². The van der Waals surface area contributed by atoms with Crippen LogP contribution in [0, 0.1) is 73.0 Å². The maximum Gasteiger partial charge on any atom is 0.144 e. The van der Waals surface area contributed by atoms with Crippen LogP contribution >= 0.6 is 45.3 Å². The number of ketones is 2. The number of unbranched alkanes of at least 4 members (excludes halogenated alkanes) is 32. The number of hydrogen-bond acceptors (Lipinski definition) is 6. The summed E-state index contributed by atoms with van der Waals surface area (Å²) in [5.74, 6) is 5.54. The number of rotatable bonds is 49. The normalized spacial score (nSPS) is 23.9. The third kappa shape index (κ3) is 23.3. The van der Waals surface area contributed by atoms with E-state index in [1.807, 2.05) is 45.3 Å². The van der Waals surface area contributed by atoms with E-state index in [-0.39, 0.29) is 23.7 Å². The molecule has 504 valence electrons. The Kier molecular flexibility index (Phi) is 34.2. The Hall–Kier alpha value is -2.12. The number of fused-ring (bicyclic) bond motifs is 5. The zero-order valence-electron chi connectivity index (χ0n) is 58.7. The molecule has 0 aromatic carbocycles. The minimum atomic E-state index is -0.0158. The molecule has 0 bridgehead atoms. The molecular weight excluding hydrogens is 1170 g/mol. The van der Waals surface area contributed by atoms with E-state index in [1.54, 1.807) is 0 Å². The van der Waals surface area contributed by atoms with Gasteiger partial charge in [-0.15, -0.1) is 45.3 Å². The van der Waals surface area contributed by atoms with Crippen LogP contribution in [0.15, 0.2) is 48.5 Å². The highest BCUT2D eigenvalue weighted by Gasteiger charge is 2.62. The van der Waals surface area contributed by atoms with Gasteiger partial charge in [-0.2, -0.15) is 0 Å². The van der Waals surface area contributed by atoms with Gasteiger partial charge in [0.2, 0.25) is 0 Å². The fourth-order valence-corrected chi connectivity index (χ4v) is 22.4. The molecule has 4 fully saturated rings. The van der Waals surface area contributed by atoms with Gasteiger partial charge in [-0.25, -0.2) is 0 Å². The van der Waals surface area contributed by atoms with Crippen molar-refractivity contribution >= 4 is 69.1 Å². The van der Waals surface area contributed by atoms with Gasteiger partial charge < -0.3 is 0 Å². The lowest BCUT2D eigenvalue weighted by molar-refractivity contribution is -0.139. The Labute approximate surface area is 570 Å². The first kappa shape index (κ1) is 73.7. The lowest BCUT2D eigenvalue weighted by atomic mass is 9.50. The lowest BCUT2D eigenvalue weighted by Gasteiger charge is -2.53. The van der Waals surface area contributed by atoms with E-state index in [2.05, 4.69) is 102 Å². The van der Waals surface area contributed by atoms with Crippen LogP contribution < -0.4 is 0 Å². The fourth-order valence-electron chi connectivity index (χ4n) is 18.5. The molecule has 4 saturated carbocycles. The molecule has 90 heavy (non-hydrogen) atoms. The minimum Gasteiger partial charge on any atom is -0.299 e. The molecule has 4 aromatic heterocycles. The molecule has 2 nitrogen and oxygen atoms in total. The van der Waals surface area contributed by atoms with Gasteiger partial charge in [0, 0.05) is 50.9 Å². The van der Waals surface area contributed by atoms with Crippen molar-refractivity contribution in [3.05, 3.63) is 77.8 Å². The second kappa shape index (κ2) is 41.8. The maximum absolute atomic E-state index is 16.2. The molecule has 0 radical (unpaired) electrons. The number of thiophene rings is 4. The summed E-state index contributed by atoms with van der Waals surface area (Å²) in [6.45, 7) is 13.8. The maximum atomic E-state index is 16.2. The molecule has 6 heteroatoms. The molecule has 0 saturated heterocycles. The molecule has 0 amide bonds. The zero-order chi connectivity index (χ0) is 63.1. The van der Waals surface area contributed by atoms with Gasteiger partial charge in [-0.3, -0.25) is 9.59 Å². The summed E-state index contributed by atoms with van der Waals surface area (Å²) in [7, 11) is 0. The number of hydrogen-bond donors (Lipinski definition) is 0. The van der Waals surface area contributed by atoms with E-state index >= 15 is 9.59 Å². The monoisotopic (exact) mass is 1300 g/mol. The second-order valence-electron chi connectivity index (χ2n) is 30.4. The Bertz CT molecular complexity index is 2590. The van der Waals surface area contributed by atoms with Crippen molar-refractivity contribution in [1.82, 2.24) is 0 Å². The fraction of sp³-hybridized carbons (Fsp3) is 0.762. The predicted molar refractivity (Wildman–Crippen MR) is 400 cm³/mol. The van der Waals surface area contributed by atoms with Crippen molar-refractivity contribution in [3.63, 3.8) is 0 Å². The van der Waals surface area contributed by atoms with Crippen LogP contribution in [0.5, 0.6) is 0 Å². The molecule has 12 unspecified atom stereocenters. The standard InChI is InChI=1S/C84H132O2S4/c1-7-11-15-19-23-27-29-33-37-41-45-65(43-39-35-31-25-21-17-13-9-3)57-67-59-74-73(81-71(67)61-75(83(81)85)77-53-48-64(6)88-77)60-68(58-66(44-40-36-32-26-22-18-14-10-4)46-42-38-34-30-28-24-20-16-12-8-2)72-62-76(84(86)82(72)74)78-55-56-80(90-78)79-54-52-70(89-79)51-50-69-49-47-63(5)87-69/h47-56,65-68,71-76,81-82H,7-46,57-62H2,1-6H3/b51-50+. The Morgan fingerprint density at radius 3 is 1.02 bits per heavy atom. The molecule has 8 rings (SSSR count). The molecule has 4 aromatic rings. The molecule has 12 atom stereocenters. The van der Waals surface area contributed by atoms with Crippen molar-refractivity contribution in [2.45, 2.75) is 349 Å². The SMILES string of the molecule is CCCCCCCCCCCCC(CCCCCCCCCC)CC1CC2C(CC(CC(CCCCCCCCCC)CCCCCCCCCCCC)C3CC(c4ccc(-c5ccc(/C=C/c6ccc(C)s6)s5)s4)C(=O)C32)C2C(=O)C(c3ccc(C)s3)CC12. The van der Waals surface area contributed by atoms with Crippen molar-refractivity contribution < 1.29 is 9.59 Å². The second-order valence-corrected chi connectivity index (χ2v) is 35.3.